The van der Waals surface area contributed by atoms with Gasteiger partial charge in [0, 0.05) is 17.8 Å². The summed E-state index contributed by atoms with van der Waals surface area (Å²) in [6.45, 7) is 2.68. The molecular weight excluding hydrogens is 363 g/mol. The number of aryl methyl sites for hydroxylation is 1. The van der Waals surface area contributed by atoms with Gasteiger partial charge < -0.3 is 20.1 Å². The number of amides is 1. The number of rotatable bonds is 4. The second-order valence-corrected chi connectivity index (χ2v) is 6.10. The summed E-state index contributed by atoms with van der Waals surface area (Å²) >= 11 is 0. The first-order valence-electron chi connectivity index (χ1n) is 8.67. The molecule has 3 aromatic rings. The molecule has 4 rings (SSSR count). The third-order valence-corrected chi connectivity index (χ3v) is 4.01. The molecule has 28 heavy (non-hydrogen) atoms. The van der Waals surface area contributed by atoms with E-state index in [0.717, 1.165) is 5.69 Å². The highest BCUT2D eigenvalue weighted by Crippen LogP contribution is 2.33. The topological polar surface area (TPSA) is 85.4 Å². The van der Waals surface area contributed by atoms with Gasteiger partial charge in [0.25, 0.3) is 5.91 Å². The second kappa shape index (κ2) is 7.51. The molecule has 0 atom stereocenters. The highest BCUT2D eigenvalue weighted by atomic mass is 19.1. The molecule has 2 N–H and O–H groups in total. The molecule has 1 aliphatic rings. The van der Waals surface area contributed by atoms with E-state index in [2.05, 4.69) is 20.6 Å². The number of carbonyl (C=O) groups is 1. The summed E-state index contributed by atoms with van der Waals surface area (Å²) in [4.78, 5) is 20.9. The molecule has 1 amide bonds. The molecule has 142 valence electrons. The number of nitrogens with zero attached hydrogens (tertiary/aromatic N) is 2. The molecule has 0 bridgehead atoms. The zero-order valence-corrected chi connectivity index (χ0v) is 15.0. The van der Waals surface area contributed by atoms with E-state index in [1.54, 1.807) is 31.2 Å². The summed E-state index contributed by atoms with van der Waals surface area (Å²) < 4.78 is 24.8. The van der Waals surface area contributed by atoms with Crippen molar-refractivity contribution in [2.24, 2.45) is 0 Å². The predicted octanol–water partition coefficient (Wildman–Crippen LogP) is 3.69. The fraction of sp³-hybridized carbons (Fsp3) is 0.150. The first-order valence-corrected chi connectivity index (χ1v) is 8.67. The van der Waals surface area contributed by atoms with Crippen LogP contribution in [0.3, 0.4) is 0 Å². The zero-order chi connectivity index (χ0) is 19.5. The predicted molar refractivity (Wildman–Crippen MR) is 102 cm³/mol. The summed E-state index contributed by atoms with van der Waals surface area (Å²) in [5, 5.41) is 5.64. The number of nitrogens with one attached hydrogen (secondary N) is 2. The molecule has 0 unspecified atom stereocenters. The van der Waals surface area contributed by atoms with Crippen molar-refractivity contribution in [2.75, 3.05) is 23.8 Å². The number of halogens is 1. The van der Waals surface area contributed by atoms with E-state index >= 15 is 0 Å². The van der Waals surface area contributed by atoms with E-state index in [9.17, 15) is 9.18 Å². The highest BCUT2D eigenvalue weighted by Gasteiger charge is 2.15. The third-order valence-electron chi connectivity index (χ3n) is 4.01. The normalized spacial score (nSPS) is 12.4. The lowest BCUT2D eigenvalue weighted by atomic mass is 10.2. The van der Waals surface area contributed by atoms with Crippen molar-refractivity contribution < 1.29 is 18.7 Å². The Morgan fingerprint density at radius 3 is 2.64 bits per heavy atom. The molecule has 0 aliphatic carbocycles. The lowest BCUT2D eigenvalue weighted by Gasteiger charge is -2.19. The molecule has 1 aliphatic heterocycles. The van der Waals surface area contributed by atoms with Crippen LogP contribution in [0.2, 0.25) is 0 Å². The van der Waals surface area contributed by atoms with Crippen molar-refractivity contribution in [3.63, 3.8) is 0 Å². The Bertz CT molecular complexity index is 1040. The Labute approximate surface area is 160 Å². The maximum absolute atomic E-state index is 13.8. The van der Waals surface area contributed by atoms with E-state index in [1.165, 1.54) is 18.2 Å². The summed E-state index contributed by atoms with van der Waals surface area (Å²) in [6.07, 6.45) is 0. The Morgan fingerprint density at radius 2 is 1.82 bits per heavy atom. The lowest BCUT2D eigenvalue weighted by molar-refractivity contribution is 0.102. The van der Waals surface area contributed by atoms with Gasteiger partial charge in [0.05, 0.1) is 5.69 Å². The van der Waals surface area contributed by atoms with E-state index in [1.807, 2.05) is 6.07 Å². The van der Waals surface area contributed by atoms with Crippen LogP contribution in [0.25, 0.3) is 0 Å². The third kappa shape index (κ3) is 3.85. The number of hydrogen-bond donors (Lipinski definition) is 2. The summed E-state index contributed by atoms with van der Waals surface area (Å²) in [6, 6.07) is 12.9. The minimum Gasteiger partial charge on any atom is -0.486 e. The summed E-state index contributed by atoms with van der Waals surface area (Å²) in [7, 11) is 0. The van der Waals surface area contributed by atoms with E-state index < -0.39 is 11.7 Å². The number of benzene rings is 2. The number of fused-ring (bicyclic) bond motifs is 1. The number of aromatic nitrogens is 2. The van der Waals surface area contributed by atoms with E-state index in [-0.39, 0.29) is 11.4 Å². The first kappa shape index (κ1) is 17.7. The average Bonchev–Trinajstić information content (AvgIpc) is 2.69. The van der Waals surface area contributed by atoms with Gasteiger partial charge in [0.15, 0.2) is 11.5 Å². The lowest BCUT2D eigenvalue weighted by Crippen LogP contribution is -2.16. The number of hydrogen-bond acceptors (Lipinski definition) is 6. The Kier molecular flexibility index (Phi) is 4.76. The molecule has 0 radical (unpaired) electrons. The van der Waals surface area contributed by atoms with Crippen molar-refractivity contribution in [2.45, 2.75) is 6.92 Å². The van der Waals surface area contributed by atoms with Crippen LogP contribution in [0.4, 0.5) is 21.6 Å². The SMILES string of the molecule is Cc1nc(Nc2ccc3c(c2)OCCO3)cc(C(=O)Nc2ccccc2F)n1. The monoisotopic (exact) mass is 380 g/mol. The van der Waals surface area contributed by atoms with Gasteiger partial charge >= 0.3 is 0 Å². The number of ether oxygens (including phenoxy) is 2. The maximum atomic E-state index is 13.8. The molecule has 2 aromatic carbocycles. The maximum Gasteiger partial charge on any atom is 0.274 e. The first-order chi connectivity index (χ1) is 13.6. The van der Waals surface area contributed by atoms with Crippen molar-refractivity contribution >= 4 is 23.1 Å². The average molecular weight is 380 g/mol. The zero-order valence-electron chi connectivity index (χ0n) is 15.0. The molecule has 1 aromatic heterocycles. The van der Waals surface area contributed by atoms with Crippen LogP contribution >= 0.6 is 0 Å². The molecular formula is C20H17FN4O3. The fourth-order valence-corrected chi connectivity index (χ4v) is 2.77. The van der Waals surface area contributed by atoms with Crippen molar-refractivity contribution in [1.82, 2.24) is 9.97 Å². The standard InChI is InChI=1S/C20H17FN4O3/c1-12-22-16(20(26)25-15-5-3-2-4-14(15)21)11-19(23-12)24-13-6-7-17-18(10-13)28-9-8-27-17/h2-7,10-11H,8-9H2,1H3,(H,25,26)(H,22,23,24). The molecule has 2 heterocycles. The number of para-hydroxylation sites is 1. The van der Waals surface area contributed by atoms with Gasteiger partial charge in [0.1, 0.15) is 36.4 Å². The van der Waals surface area contributed by atoms with Crippen molar-refractivity contribution in [1.29, 1.82) is 0 Å². The number of carbonyl (C=O) groups excluding carboxylic acids is 1. The van der Waals surface area contributed by atoms with Crippen LogP contribution in [0.1, 0.15) is 16.3 Å². The number of anilines is 3. The van der Waals surface area contributed by atoms with Gasteiger partial charge in [-0.2, -0.15) is 0 Å². The summed E-state index contributed by atoms with van der Waals surface area (Å²) in [5.74, 6) is 1.11. The molecule has 0 saturated heterocycles. The van der Waals surface area contributed by atoms with Crippen LogP contribution in [-0.2, 0) is 0 Å². The minimum absolute atomic E-state index is 0.0881. The fourth-order valence-electron chi connectivity index (χ4n) is 2.77. The van der Waals surface area contributed by atoms with Gasteiger partial charge in [-0.05, 0) is 31.2 Å². The second-order valence-electron chi connectivity index (χ2n) is 6.10. The molecule has 8 heteroatoms. The van der Waals surface area contributed by atoms with Crippen LogP contribution in [0, 0.1) is 12.7 Å². The van der Waals surface area contributed by atoms with Crippen LogP contribution < -0.4 is 20.1 Å². The Hall–Kier alpha value is -3.68. The smallest absolute Gasteiger partial charge is 0.274 e. The molecule has 0 spiro atoms. The van der Waals surface area contributed by atoms with E-state index in [4.69, 9.17) is 9.47 Å². The van der Waals surface area contributed by atoms with Crippen LogP contribution in [0.15, 0.2) is 48.5 Å². The summed E-state index contributed by atoms with van der Waals surface area (Å²) in [5.41, 5.74) is 0.934. The van der Waals surface area contributed by atoms with Gasteiger partial charge in [-0.3, -0.25) is 4.79 Å². The van der Waals surface area contributed by atoms with Gasteiger partial charge in [0.2, 0.25) is 0 Å². The Balaban J connectivity index is 1.55. The minimum atomic E-state index is -0.527. The Morgan fingerprint density at radius 1 is 1.04 bits per heavy atom. The van der Waals surface area contributed by atoms with Crippen molar-refractivity contribution in [3.05, 3.63) is 65.9 Å². The van der Waals surface area contributed by atoms with Crippen molar-refractivity contribution in [3.8, 4) is 11.5 Å². The largest absolute Gasteiger partial charge is 0.486 e. The van der Waals surface area contributed by atoms with Crippen LogP contribution in [0.5, 0.6) is 11.5 Å². The molecule has 0 saturated carbocycles. The van der Waals surface area contributed by atoms with Crippen LogP contribution in [-0.4, -0.2) is 29.1 Å². The molecule has 0 fully saturated rings. The molecule has 7 nitrogen and oxygen atoms in total. The van der Waals surface area contributed by atoms with Gasteiger partial charge in [-0.15, -0.1) is 0 Å². The van der Waals surface area contributed by atoms with Gasteiger partial charge in [-0.25, -0.2) is 14.4 Å². The quantitative estimate of drug-likeness (QED) is 0.718. The van der Waals surface area contributed by atoms with E-state index in [0.29, 0.717) is 36.4 Å². The highest BCUT2D eigenvalue weighted by molar-refractivity contribution is 6.03. The van der Waals surface area contributed by atoms with Gasteiger partial charge in [-0.1, -0.05) is 12.1 Å².